The number of benzene rings is 1. The van der Waals surface area contributed by atoms with E-state index in [4.69, 9.17) is 23.2 Å². The maximum absolute atomic E-state index is 11.9. The first kappa shape index (κ1) is 16.9. The lowest BCUT2D eigenvalue weighted by atomic mass is 10.2. The molecule has 1 heterocycles. The fourth-order valence-corrected chi connectivity index (χ4v) is 2.18. The Balaban J connectivity index is 2.21. The third-order valence-electron chi connectivity index (χ3n) is 2.94. The predicted molar refractivity (Wildman–Crippen MR) is 86.5 cm³/mol. The molecule has 0 atom stereocenters. The number of pyridine rings is 1. The molecular formula is C14H11Cl2N3O4. The Hall–Kier alpha value is -2.51. The van der Waals surface area contributed by atoms with Crippen LogP contribution in [0.5, 0.6) is 11.5 Å². The summed E-state index contributed by atoms with van der Waals surface area (Å²) in [6.07, 6.45) is 2.60. The molecule has 2 rings (SSSR count). The van der Waals surface area contributed by atoms with Crippen molar-refractivity contribution < 1.29 is 15.0 Å². The first-order valence-electron chi connectivity index (χ1n) is 6.22. The molecule has 0 saturated carbocycles. The van der Waals surface area contributed by atoms with Crippen molar-refractivity contribution in [2.45, 2.75) is 0 Å². The van der Waals surface area contributed by atoms with Crippen LogP contribution in [0.2, 0.25) is 10.0 Å². The van der Waals surface area contributed by atoms with Crippen molar-refractivity contribution in [3.8, 4) is 11.5 Å². The number of carbonyl (C=O) groups is 1. The quantitative estimate of drug-likeness (QED) is 0.577. The highest BCUT2D eigenvalue weighted by Gasteiger charge is 2.14. The molecule has 0 fully saturated rings. The summed E-state index contributed by atoms with van der Waals surface area (Å²) < 4.78 is 1.25. The number of amides is 1. The molecule has 0 aliphatic heterocycles. The summed E-state index contributed by atoms with van der Waals surface area (Å²) in [4.78, 5) is 23.7. The first-order valence-corrected chi connectivity index (χ1v) is 6.97. The molecule has 23 heavy (non-hydrogen) atoms. The Kier molecular flexibility index (Phi) is 4.92. The number of nitrogens with zero attached hydrogens (tertiary/aromatic N) is 2. The Morgan fingerprint density at radius 3 is 2.74 bits per heavy atom. The molecule has 7 nitrogen and oxygen atoms in total. The van der Waals surface area contributed by atoms with Gasteiger partial charge in [0.15, 0.2) is 5.75 Å². The van der Waals surface area contributed by atoms with Crippen LogP contribution in [0.1, 0.15) is 15.9 Å². The van der Waals surface area contributed by atoms with Gasteiger partial charge in [0.05, 0.1) is 11.2 Å². The lowest BCUT2D eigenvalue weighted by Gasteiger charge is -2.06. The van der Waals surface area contributed by atoms with E-state index in [1.165, 1.54) is 29.9 Å². The Morgan fingerprint density at radius 1 is 1.35 bits per heavy atom. The Labute approximate surface area is 140 Å². The molecule has 0 unspecified atom stereocenters. The normalized spacial score (nSPS) is 10.9. The molecule has 1 aromatic heterocycles. The molecule has 0 saturated heterocycles. The second-order valence-corrected chi connectivity index (χ2v) is 5.28. The smallest absolute Gasteiger partial charge is 0.276 e. The van der Waals surface area contributed by atoms with Crippen LogP contribution < -0.4 is 11.0 Å². The standard InChI is InChI=1S/C14H11Cl2N3O4/c1-19-4-2-3-8(14(19)23)13(22)18-17-6-7-5-9(15)12(21)10(16)11(7)20/h2-6,20-21H,1H3,(H,18,22)/b17-6-. The van der Waals surface area contributed by atoms with Gasteiger partial charge in [0.25, 0.3) is 11.5 Å². The van der Waals surface area contributed by atoms with Crippen LogP contribution >= 0.6 is 23.2 Å². The number of hydrazone groups is 1. The molecule has 0 aliphatic rings. The SMILES string of the molecule is Cn1cccc(C(=O)N/N=C\c2cc(Cl)c(O)c(Cl)c2O)c1=O. The number of aromatic hydroxyl groups is 2. The van der Waals surface area contributed by atoms with E-state index in [1.54, 1.807) is 6.07 Å². The van der Waals surface area contributed by atoms with Crippen molar-refractivity contribution in [3.05, 3.63) is 55.9 Å². The second-order valence-electron chi connectivity index (χ2n) is 4.50. The van der Waals surface area contributed by atoms with E-state index in [1.807, 2.05) is 0 Å². The highest BCUT2D eigenvalue weighted by Crippen LogP contribution is 2.40. The zero-order valence-corrected chi connectivity index (χ0v) is 13.3. The summed E-state index contributed by atoms with van der Waals surface area (Å²) in [6.45, 7) is 0. The van der Waals surface area contributed by atoms with Crippen LogP contribution in [0.4, 0.5) is 0 Å². The van der Waals surface area contributed by atoms with Crippen molar-refractivity contribution in [2.75, 3.05) is 0 Å². The number of hydrogen-bond donors (Lipinski definition) is 3. The van der Waals surface area contributed by atoms with Gasteiger partial charge in [-0.25, -0.2) is 5.43 Å². The van der Waals surface area contributed by atoms with Crippen molar-refractivity contribution >= 4 is 35.3 Å². The minimum atomic E-state index is -0.710. The van der Waals surface area contributed by atoms with E-state index >= 15 is 0 Å². The van der Waals surface area contributed by atoms with E-state index in [0.717, 1.165) is 6.21 Å². The number of phenolic OH excluding ortho intramolecular Hbond substituents is 2. The molecule has 3 N–H and O–H groups in total. The van der Waals surface area contributed by atoms with Gasteiger partial charge in [-0.3, -0.25) is 9.59 Å². The number of hydrogen-bond acceptors (Lipinski definition) is 5. The topological polar surface area (TPSA) is 104 Å². The summed E-state index contributed by atoms with van der Waals surface area (Å²) in [5.74, 6) is -1.61. The largest absolute Gasteiger partial charge is 0.506 e. The van der Waals surface area contributed by atoms with Crippen LogP contribution in [-0.2, 0) is 7.05 Å². The zero-order chi connectivity index (χ0) is 17.1. The molecule has 0 radical (unpaired) electrons. The zero-order valence-electron chi connectivity index (χ0n) is 11.7. The summed E-state index contributed by atoms with van der Waals surface area (Å²) in [5, 5.41) is 22.4. The lowest BCUT2D eigenvalue weighted by molar-refractivity contribution is 0.0953. The third-order valence-corrected chi connectivity index (χ3v) is 3.58. The predicted octanol–water partition coefficient (Wildman–Crippen LogP) is 1.87. The van der Waals surface area contributed by atoms with Gasteiger partial charge in [0.2, 0.25) is 0 Å². The van der Waals surface area contributed by atoms with Crippen LogP contribution in [0.15, 0.2) is 34.3 Å². The van der Waals surface area contributed by atoms with Crippen LogP contribution in [0, 0.1) is 0 Å². The summed E-state index contributed by atoms with van der Waals surface area (Å²) in [5.41, 5.74) is 1.68. The number of halogens is 2. The molecule has 1 aromatic carbocycles. The molecule has 120 valence electrons. The van der Waals surface area contributed by atoms with Gasteiger partial charge >= 0.3 is 0 Å². The van der Waals surface area contributed by atoms with Gasteiger partial charge in [-0.1, -0.05) is 23.2 Å². The van der Waals surface area contributed by atoms with E-state index < -0.39 is 23.0 Å². The minimum Gasteiger partial charge on any atom is -0.506 e. The number of carbonyl (C=O) groups excluding carboxylic acids is 1. The number of nitrogens with one attached hydrogen (secondary N) is 1. The van der Waals surface area contributed by atoms with Crippen LogP contribution in [-0.4, -0.2) is 26.9 Å². The summed E-state index contributed by atoms with van der Waals surface area (Å²) in [6, 6.07) is 4.12. The fourth-order valence-electron chi connectivity index (χ4n) is 1.71. The molecule has 0 spiro atoms. The summed E-state index contributed by atoms with van der Waals surface area (Å²) in [7, 11) is 1.51. The lowest BCUT2D eigenvalue weighted by Crippen LogP contribution is -2.29. The third kappa shape index (κ3) is 3.46. The van der Waals surface area contributed by atoms with E-state index in [2.05, 4.69) is 10.5 Å². The van der Waals surface area contributed by atoms with E-state index in [9.17, 15) is 19.8 Å². The maximum atomic E-state index is 11.9. The van der Waals surface area contributed by atoms with Gasteiger partial charge in [-0.15, -0.1) is 0 Å². The molecule has 2 aromatic rings. The molecule has 0 bridgehead atoms. The van der Waals surface area contributed by atoms with Gasteiger partial charge in [0.1, 0.15) is 16.3 Å². The maximum Gasteiger partial charge on any atom is 0.276 e. The van der Waals surface area contributed by atoms with Crippen LogP contribution in [0.25, 0.3) is 0 Å². The number of aryl methyl sites for hydroxylation is 1. The number of phenols is 2. The second kappa shape index (κ2) is 6.72. The fraction of sp³-hybridized carbons (Fsp3) is 0.0714. The minimum absolute atomic E-state index is 0.0825. The average molecular weight is 356 g/mol. The molecule has 0 aliphatic carbocycles. The van der Waals surface area contributed by atoms with Crippen LogP contribution in [0.3, 0.4) is 0 Å². The van der Waals surface area contributed by atoms with Gasteiger partial charge in [-0.2, -0.15) is 5.10 Å². The monoisotopic (exact) mass is 355 g/mol. The van der Waals surface area contributed by atoms with E-state index in [-0.39, 0.29) is 21.2 Å². The highest BCUT2D eigenvalue weighted by molar-refractivity contribution is 6.38. The molecular weight excluding hydrogens is 345 g/mol. The van der Waals surface area contributed by atoms with Crippen molar-refractivity contribution in [1.29, 1.82) is 0 Å². The van der Waals surface area contributed by atoms with Crippen molar-refractivity contribution in [2.24, 2.45) is 12.1 Å². The van der Waals surface area contributed by atoms with Gasteiger partial charge < -0.3 is 14.8 Å². The van der Waals surface area contributed by atoms with Crippen molar-refractivity contribution in [3.63, 3.8) is 0 Å². The summed E-state index contributed by atoms with van der Waals surface area (Å²) >= 11 is 11.4. The van der Waals surface area contributed by atoms with Gasteiger partial charge in [0, 0.05) is 18.8 Å². The van der Waals surface area contributed by atoms with E-state index in [0.29, 0.717) is 0 Å². The number of aromatic nitrogens is 1. The number of rotatable bonds is 3. The van der Waals surface area contributed by atoms with Gasteiger partial charge in [-0.05, 0) is 18.2 Å². The Morgan fingerprint density at radius 2 is 2.04 bits per heavy atom. The van der Waals surface area contributed by atoms with Crippen molar-refractivity contribution in [1.82, 2.24) is 9.99 Å². The molecule has 9 heteroatoms. The Bertz CT molecular complexity index is 862. The molecule has 1 amide bonds. The average Bonchev–Trinajstić information content (AvgIpc) is 2.52. The first-order chi connectivity index (χ1) is 10.8. The highest BCUT2D eigenvalue weighted by atomic mass is 35.5.